The van der Waals surface area contributed by atoms with Crippen LogP contribution in [0, 0.1) is 23.7 Å². The van der Waals surface area contributed by atoms with Gasteiger partial charge in [0.1, 0.15) is 11.3 Å². The highest BCUT2D eigenvalue weighted by atomic mass is 16.6. The largest absolute Gasteiger partial charge is 0.493 e. The quantitative estimate of drug-likeness (QED) is 0.221. The maximum atomic E-state index is 13.8. The van der Waals surface area contributed by atoms with Gasteiger partial charge >= 0.3 is 12.1 Å². The van der Waals surface area contributed by atoms with Crippen molar-refractivity contribution in [3.05, 3.63) is 23.8 Å². The minimum absolute atomic E-state index is 0.101. The number of carbonyl (C=O) groups excluding carboxylic acids is 1. The maximum absolute atomic E-state index is 13.8. The molecule has 1 aromatic rings. The second kappa shape index (κ2) is 14.8. The maximum Gasteiger partial charge on any atom is 0.413 e. The number of carboxylic acid groups (broad SMARTS) is 1. The molecule has 1 aromatic carbocycles. The Morgan fingerprint density at radius 2 is 1.69 bits per heavy atom. The summed E-state index contributed by atoms with van der Waals surface area (Å²) in [6.07, 6.45) is 1.80. The molecule has 42 heavy (non-hydrogen) atoms. The van der Waals surface area contributed by atoms with Gasteiger partial charge in [-0.3, -0.25) is 9.69 Å². The van der Waals surface area contributed by atoms with Crippen molar-refractivity contribution in [2.45, 2.75) is 105 Å². The minimum atomic E-state index is -0.965. The van der Waals surface area contributed by atoms with Gasteiger partial charge in [-0.15, -0.1) is 0 Å². The molecule has 1 amide bonds. The fraction of sp³-hybridized carbons (Fsp3) is 0.758. The Morgan fingerprint density at radius 3 is 2.21 bits per heavy atom. The highest BCUT2D eigenvalue weighted by molar-refractivity contribution is 5.72. The minimum Gasteiger partial charge on any atom is -0.493 e. The summed E-state index contributed by atoms with van der Waals surface area (Å²) in [7, 11) is 3.29. The first-order valence-corrected chi connectivity index (χ1v) is 15.1. The number of methoxy groups -OCH3 is 2. The molecule has 9 heteroatoms. The molecule has 1 N–H and O–H groups in total. The summed E-state index contributed by atoms with van der Waals surface area (Å²) in [6.45, 7) is 18.7. The summed E-state index contributed by atoms with van der Waals surface area (Å²) >= 11 is 0. The third-order valence-corrected chi connectivity index (χ3v) is 8.07. The van der Waals surface area contributed by atoms with Crippen LogP contribution in [-0.4, -0.2) is 73.0 Å². The molecule has 1 heterocycles. The molecule has 1 aliphatic heterocycles. The number of carboxylic acids is 1. The molecule has 0 spiro atoms. The molecular weight excluding hydrogens is 538 g/mol. The van der Waals surface area contributed by atoms with Crippen LogP contribution in [-0.2, 0) is 25.4 Å². The third-order valence-electron chi connectivity index (χ3n) is 8.07. The Hall–Kier alpha value is -2.52. The number of hydrogen-bond acceptors (Lipinski definition) is 7. The fourth-order valence-corrected chi connectivity index (χ4v) is 5.81. The number of amides is 1. The number of aliphatic carboxylic acids is 1. The van der Waals surface area contributed by atoms with Crippen molar-refractivity contribution in [3.63, 3.8) is 0 Å². The Balaban J connectivity index is 2.52. The molecule has 3 atom stereocenters. The van der Waals surface area contributed by atoms with Crippen molar-refractivity contribution in [3.8, 4) is 11.5 Å². The monoisotopic (exact) mass is 593 g/mol. The Bertz CT molecular complexity index is 1030. The molecule has 0 aromatic heterocycles. The van der Waals surface area contributed by atoms with Crippen molar-refractivity contribution in [2.24, 2.45) is 23.7 Å². The predicted octanol–water partition coefficient (Wildman–Crippen LogP) is 6.80. The Labute approximate surface area is 253 Å². The van der Waals surface area contributed by atoms with Crippen LogP contribution in [0.5, 0.6) is 11.5 Å². The highest BCUT2D eigenvalue weighted by Crippen LogP contribution is 2.46. The van der Waals surface area contributed by atoms with E-state index >= 15 is 0 Å². The Kier molecular flexibility index (Phi) is 12.6. The van der Waals surface area contributed by atoms with Gasteiger partial charge in [0.2, 0.25) is 0 Å². The van der Waals surface area contributed by atoms with Crippen molar-refractivity contribution >= 4 is 12.1 Å². The predicted molar refractivity (Wildman–Crippen MR) is 163 cm³/mol. The summed E-state index contributed by atoms with van der Waals surface area (Å²) in [5.74, 6) is 0.0238. The molecule has 0 bridgehead atoms. The molecule has 1 aliphatic rings. The van der Waals surface area contributed by atoms with E-state index in [1.807, 2.05) is 66.7 Å². The average Bonchev–Trinajstić information content (AvgIpc) is 3.13. The van der Waals surface area contributed by atoms with Gasteiger partial charge in [-0.1, -0.05) is 33.8 Å². The van der Waals surface area contributed by atoms with E-state index in [0.29, 0.717) is 37.6 Å². The molecule has 0 saturated carbocycles. The third kappa shape index (κ3) is 9.49. The van der Waals surface area contributed by atoms with E-state index in [9.17, 15) is 14.7 Å². The first-order valence-electron chi connectivity index (χ1n) is 15.1. The lowest BCUT2D eigenvalue weighted by Gasteiger charge is -2.45. The standard InChI is InChI=1S/C33H55NO8/c1-22(2)25(17-24-13-14-27(39-11)28(18-24)40-16-12-15-38-10)19-33(20-26(23(3)4)29(35)36)21-41-32(8,9)34(33)30(37)42-31(5,6)7/h13-14,18,22-23,25-26H,12,15-17,19-21H2,1-11H3,(H,35,36)/t25-,26-,33-/m0/s1. The van der Waals surface area contributed by atoms with Gasteiger partial charge in [-0.2, -0.15) is 0 Å². The van der Waals surface area contributed by atoms with E-state index in [1.165, 1.54) is 0 Å². The van der Waals surface area contributed by atoms with Crippen LogP contribution in [0.15, 0.2) is 18.2 Å². The molecule has 2 rings (SSSR count). The van der Waals surface area contributed by atoms with E-state index in [-0.39, 0.29) is 30.8 Å². The number of rotatable bonds is 15. The van der Waals surface area contributed by atoms with Crippen molar-refractivity contribution in [2.75, 3.05) is 34.0 Å². The Morgan fingerprint density at radius 1 is 1.02 bits per heavy atom. The van der Waals surface area contributed by atoms with Crippen LogP contribution in [0.2, 0.25) is 0 Å². The topological polar surface area (TPSA) is 104 Å². The lowest BCUT2D eigenvalue weighted by atomic mass is 9.72. The summed E-state index contributed by atoms with van der Waals surface area (Å²) in [6, 6.07) is 5.97. The average molecular weight is 594 g/mol. The second-order valence-electron chi connectivity index (χ2n) is 13.8. The van der Waals surface area contributed by atoms with Crippen molar-refractivity contribution < 1.29 is 38.4 Å². The molecule has 0 aliphatic carbocycles. The van der Waals surface area contributed by atoms with Gasteiger partial charge in [-0.25, -0.2) is 4.79 Å². The first-order chi connectivity index (χ1) is 19.5. The van der Waals surface area contributed by atoms with Gasteiger partial charge in [0, 0.05) is 20.1 Å². The van der Waals surface area contributed by atoms with E-state index in [0.717, 1.165) is 12.0 Å². The van der Waals surface area contributed by atoms with E-state index in [1.54, 1.807) is 19.1 Å². The number of benzene rings is 1. The van der Waals surface area contributed by atoms with E-state index in [2.05, 4.69) is 13.8 Å². The summed E-state index contributed by atoms with van der Waals surface area (Å²) < 4.78 is 28.9. The summed E-state index contributed by atoms with van der Waals surface area (Å²) in [4.78, 5) is 28.0. The van der Waals surface area contributed by atoms with Gasteiger partial charge in [0.25, 0.3) is 0 Å². The van der Waals surface area contributed by atoms with Crippen LogP contribution in [0.1, 0.15) is 87.1 Å². The molecular formula is C33H55NO8. The van der Waals surface area contributed by atoms with Crippen molar-refractivity contribution in [1.29, 1.82) is 0 Å². The number of hydrogen-bond donors (Lipinski definition) is 1. The smallest absolute Gasteiger partial charge is 0.413 e. The molecule has 0 radical (unpaired) electrons. The number of carbonyl (C=O) groups is 2. The molecule has 240 valence electrons. The lowest BCUT2D eigenvalue weighted by Crippen LogP contribution is -2.59. The van der Waals surface area contributed by atoms with Gasteiger partial charge in [0.15, 0.2) is 11.5 Å². The lowest BCUT2D eigenvalue weighted by molar-refractivity contribution is -0.145. The van der Waals surface area contributed by atoms with Crippen LogP contribution < -0.4 is 9.47 Å². The van der Waals surface area contributed by atoms with Crippen LogP contribution in [0.4, 0.5) is 4.79 Å². The van der Waals surface area contributed by atoms with Crippen LogP contribution in [0.25, 0.3) is 0 Å². The number of ether oxygens (including phenoxy) is 5. The molecule has 1 fully saturated rings. The highest BCUT2D eigenvalue weighted by Gasteiger charge is 2.57. The zero-order valence-electron chi connectivity index (χ0n) is 27.7. The summed E-state index contributed by atoms with van der Waals surface area (Å²) in [5.41, 5.74) is -1.48. The zero-order valence-corrected chi connectivity index (χ0v) is 27.7. The second-order valence-corrected chi connectivity index (χ2v) is 13.8. The van der Waals surface area contributed by atoms with Crippen LogP contribution in [0.3, 0.4) is 0 Å². The summed E-state index contributed by atoms with van der Waals surface area (Å²) in [5, 5.41) is 10.2. The zero-order chi connectivity index (χ0) is 31.9. The number of nitrogens with zero attached hydrogens (tertiary/aromatic N) is 1. The SMILES string of the molecule is COCCCOc1cc(C[C@@H](C[C@]2(C[C@H](C(=O)O)C(C)C)COC(C)(C)N2C(=O)OC(C)(C)C)C(C)C)ccc1OC. The van der Waals surface area contributed by atoms with Crippen LogP contribution >= 0.6 is 0 Å². The molecule has 1 saturated heterocycles. The normalized spacial score (nSPS) is 20.1. The van der Waals surface area contributed by atoms with Crippen molar-refractivity contribution in [1.82, 2.24) is 4.90 Å². The van der Waals surface area contributed by atoms with Gasteiger partial charge in [0.05, 0.1) is 31.8 Å². The molecule has 9 nitrogen and oxygen atoms in total. The molecule has 0 unspecified atom stereocenters. The fourth-order valence-electron chi connectivity index (χ4n) is 5.81. The van der Waals surface area contributed by atoms with Gasteiger partial charge in [-0.05, 0) is 89.3 Å². The van der Waals surface area contributed by atoms with Gasteiger partial charge < -0.3 is 28.8 Å². The first kappa shape index (κ1) is 35.7. The van der Waals surface area contributed by atoms with E-state index in [4.69, 9.17) is 23.7 Å². The van der Waals surface area contributed by atoms with E-state index < -0.39 is 34.8 Å².